The number of amides is 1. The minimum Gasteiger partial charge on any atom is -0.298 e. The molecular weight excluding hydrogens is 364 g/mol. The van der Waals surface area contributed by atoms with Gasteiger partial charge >= 0.3 is 0 Å². The van der Waals surface area contributed by atoms with Gasteiger partial charge in [-0.15, -0.1) is 11.3 Å². The first kappa shape index (κ1) is 18.1. The fourth-order valence-corrected chi connectivity index (χ4v) is 3.84. The zero-order valence-electron chi connectivity index (χ0n) is 15.3. The van der Waals surface area contributed by atoms with E-state index >= 15 is 0 Å². The molecule has 0 saturated heterocycles. The van der Waals surface area contributed by atoms with Crippen LogP contribution >= 0.6 is 11.3 Å². The van der Waals surface area contributed by atoms with Gasteiger partial charge in [0.25, 0.3) is 5.91 Å². The van der Waals surface area contributed by atoms with Gasteiger partial charge in [0, 0.05) is 16.5 Å². The number of aryl methyl sites for hydroxylation is 2. The van der Waals surface area contributed by atoms with E-state index in [1.807, 2.05) is 78.2 Å². The third-order valence-corrected chi connectivity index (χ3v) is 5.34. The van der Waals surface area contributed by atoms with Crippen molar-refractivity contribution in [2.75, 3.05) is 5.32 Å². The smallest absolute Gasteiger partial charge is 0.257 e. The topological polar surface area (TPSA) is 42.0 Å². The Hall–Kier alpha value is -3.24. The second-order valence-corrected chi connectivity index (χ2v) is 7.36. The first-order chi connectivity index (χ1) is 13.8. The Balaban J connectivity index is 1.47. The van der Waals surface area contributed by atoms with Gasteiger partial charge in [-0.05, 0) is 30.0 Å². The number of nitrogens with zero attached hydrogens (tertiary/aromatic N) is 1. The molecule has 0 aliphatic carbocycles. The molecule has 0 unspecified atom stereocenters. The average molecular weight is 385 g/mol. The number of hydrogen-bond donors (Lipinski definition) is 1. The molecule has 4 aromatic rings. The largest absolute Gasteiger partial charge is 0.298 e. The van der Waals surface area contributed by atoms with E-state index in [0.717, 1.165) is 29.7 Å². The molecule has 1 aromatic heterocycles. The highest BCUT2D eigenvalue weighted by Gasteiger charge is 2.13. The van der Waals surface area contributed by atoms with E-state index in [0.29, 0.717) is 10.7 Å². The van der Waals surface area contributed by atoms with Crippen LogP contribution in [0.5, 0.6) is 0 Å². The summed E-state index contributed by atoms with van der Waals surface area (Å²) in [6.45, 7) is 0. The predicted octanol–water partition coefficient (Wildman–Crippen LogP) is 5.85. The first-order valence-corrected chi connectivity index (χ1v) is 10.1. The normalized spacial score (nSPS) is 10.6. The summed E-state index contributed by atoms with van der Waals surface area (Å²) < 4.78 is 0. The van der Waals surface area contributed by atoms with Gasteiger partial charge in [-0.1, -0.05) is 78.9 Å². The molecule has 0 aliphatic rings. The number of benzene rings is 3. The van der Waals surface area contributed by atoms with Crippen LogP contribution in [-0.2, 0) is 12.8 Å². The molecule has 4 heteroatoms. The van der Waals surface area contributed by atoms with Crippen LogP contribution in [0.25, 0.3) is 11.3 Å². The van der Waals surface area contributed by atoms with E-state index in [-0.39, 0.29) is 5.91 Å². The molecular formula is C24H20N2OS. The Kier molecular flexibility index (Phi) is 5.59. The molecule has 28 heavy (non-hydrogen) atoms. The summed E-state index contributed by atoms with van der Waals surface area (Å²) in [5.74, 6) is -0.113. The molecule has 0 radical (unpaired) electrons. The van der Waals surface area contributed by atoms with Crippen molar-refractivity contribution in [2.45, 2.75) is 12.8 Å². The third kappa shape index (κ3) is 4.35. The van der Waals surface area contributed by atoms with Crippen LogP contribution in [0.4, 0.5) is 5.13 Å². The van der Waals surface area contributed by atoms with Gasteiger partial charge in [0.1, 0.15) is 0 Å². The maximum absolute atomic E-state index is 12.8. The third-order valence-electron chi connectivity index (χ3n) is 4.58. The lowest BCUT2D eigenvalue weighted by Crippen LogP contribution is -2.14. The molecule has 1 heterocycles. The molecule has 4 rings (SSSR count). The van der Waals surface area contributed by atoms with Crippen molar-refractivity contribution in [1.29, 1.82) is 0 Å². The van der Waals surface area contributed by atoms with Crippen molar-refractivity contribution in [1.82, 2.24) is 4.98 Å². The Bertz CT molecular complexity index is 1060. The monoisotopic (exact) mass is 384 g/mol. The van der Waals surface area contributed by atoms with Crippen LogP contribution in [0.3, 0.4) is 0 Å². The lowest BCUT2D eigenvalue weighted by atomic mass is 9.99. The van der Waals surface area contributed by atoms with Crippen LogP contribution in [0.15, 0.2) is 90.3 Å². The molecule has 3 aromatic carbocycles. The van der Waals surface area contributed by atoms with Crippen molar-refractivity contribution >= 4 is 22.4 Å². The van der Waals surface area contributed by atoms with Crippen LogP contribution < -0.4 is 5.32 Å². The Morgan fingerprint density at radius 1 is 0.821 bits per heavy atom. The zero-order valence-corrected chi connectivity index (χ0v) is 16.2. The predicted molar refractivity (Wildman–Crippen MR) is 116 cm³/mol. The van der Waals surface area contributed by atoms with Gasteiger partial charge < -0.3 is 0 Å². The Morgan fingerprint density at radius 3 is 2.29 bits per heavy atom. The standard InChI is InChI=1S/C24H20N2OS/c27-23(26-24-25-22(17-28-24)20-12-5-2-6-13-20)21-14-8-7-11-19(21)16-15-18-9-3-1-4-10-18/h1-14,17H,15-16H2,(H,25,26,27). The van der Waals surface area contributed by atoms with Crippen molar-refractivity contribution in [3.8, 4) is 11.3 Å². The van der Waals surface area contributed by atoms with Crippen LogP contribution in [-0.4, -0.2) is 10.9 Å². The molecule has 3 nitrogen and oxygen atoms in total. The molecule has 0 fully saturated rings. The summed E-state index contributed by atoms with van der Waals surface area (Å²) >= 11 is 1.44. The number of rotatable bonds is 6. The van der Waals surface area contributed by atoms with Crippen molar-refractivity contribution in [3.63, 3.8) is 0 Å². The number of nitrogens with one attached hydrogen (secondary N) is 1. The molecule has 138 valence electrons. The average Bonchev–Trinajstić information content (AvgIpc) is 3.22. The Morgan fingerprint density at radius 2 is 1.50 bits per heavy atom. The van der Waals surface area contributed by atoms with E-state index < -0.39 is 0 Å². The van der Waals surface area contributed by atoms with Gasteiger partial charge in [0.05, 0.1) is 5.69 Å². The maximum atomic E-state index is 12.8. The SMILES string of the molecule is O=C(Nc1nc(-c2ccccc2)cs1)c1ccccc1CCc1ccccc1. The molecule has 1 amide bonds. The summed E-state index contributed by atoms with van der Waals surface area (Å²) in [6.07, 6.45) is 1.72. The van der Waals surface area contributed by atoms with Crippen molar-refractivity contribution in [2.24, 2.45) is 0 Å². The van der Waals surface area contributed by atoms with Crippen molar-refractivity contribution in [3.05, 3.63) is 107 Å². The van der Waals surface area contributed by atoms with Gasteiger partial charge in [0.15, 0.2) is 5.13 Å². The summed E-state index contributed by atoms with van der Waals surface area (Å²) in [4.78, 5) is 17.4. The molecule has 0 saturated carbocycles. The van der Waals surface area contributed by atoms with E-state index in [2.05, 4.69) is 22.4 Å². The minimum atomic E-state index is -0.113. The van der Waals surface area contributed by atoms with E-state index in [1.54, 1.807) is 0 Å². The van der Waals surface area contributed by atoms with Gasteiger partial charge in [0.2, 0.25) is 0 Å². The summed E-state index contributed by atoms with van der Waals surface area (Å²) in [5.41, 5.74) is 4.93. The lowest BCUT2D eigenvalue weighted by Gasteiger charge is -2.09. The summed E-state index contributed by atoms with van der Waals surface area (Å²) in [7, 11) is 0. The Labute approximate surface area is 168 Å². The van der Waals surface area contributed by atoms with E-state index in [4.69, 9.17) is 0 Å². The number of hydrogen-bond acceptors (Lipinski definition) is 3. The highest BCUT2D eigenvalue weighted by atomic mass is 32.1. The van der Waals surface area contributed by atoms with Gasteiger partial charge in [-0.2, -0.15) is 0 Å². The van der Waals surface area contributed by atoms with Crippen LogP contribution in [0.2, 0.25) is 0 Å². The highest BCUT2D eigenvalue weighted by Crippen LogP contribution is 2.25. The number of anilines is 1. The van der Waals surface area contributed by atoms with Crippen LogP contribution in [0.1, 0.15) is 21.5 Å². The number of carbonyl (C=O) groups is 1. The van der Waals surface area contributed by atoms with E-state index in [9.17, 15) is 4.79 Å². The quantitative estimate of drug-likeness (QED) is 0.453. The molecule has 0 aliphatic heterocycles. The second-order valence-electron chi connectivity index (χ2n) is 6.50. The van der Waals surface area contributed by atoms with Gasteiger partial charge in [-0.3, -0.25) is 10.1 Å². The second kappa shape index (κ2) is 8.63. The maximum Gasteiger partial charge on any atom is 0.257 e. The number of carbonyl (C=O) groups excluding carboxylic acids is 1. The number of thiazole rings is 1. The molecule has 1 N–H and O–H groups in total. The molecule has 0 atom stereocenters. The van der Waals surface area contributed by atoms with E-state index in [1.165, 1.54) is 16.9 Å². The number of aromatic nitrogens is 1. The lowest BCUT2D eigenvalue weighted by molar-refractivity contribution is 0.102. The zero-order chi connectivity index (χ0) is 19.2. The minimum absolute atomic E-state index is 0.113. The summed E-state index contributed by atoms with van der Waals surface area (Å²) in [6, 6.07) is 28.1. The fraction of sp³-hybridized carbons (Fsp3) is 0.0833. The molecule has 0 bridgehead atoms. The van der Waals surface area contributed by atoms with Gasteiger partial charge in [-0.25, -0.2) is 4.98 Å². The first-order valence-electron chi connectivity index (χ1n) is 9.24. The highest BCUT2D eigenvalue weighted by molar-refractivity contribution is 7.14. The van der Waals surface area contributed by atoms with Crippen molar-refractivity contribution < 1.29 is 4.79 Å². The summed E-state index contributed by atoms with van der Waals surface area (Å²) in [5, 5.41) is 5.53. The molecule has 0 spiro atoms. The fourth-order valence-electron chi connectivity index (χ4n) is 3.12. The van der Waals surface area contributed by atoms with Crippen LogP contribution in [0, 0.1) is 0 Å².